The van der Waals surface area contributed by atoms with Crippen LogP contribution in [0.15, 0.2) is 12.1 Å². The van der Waals surface area contributed by atoms with Crippen LogP contribution < -0.4 is 4.90 Å². The van der Waals surface area contributed by atoms with Crippen LogP contribution >= 0.6 is 11.6 Å². The summed E-state index contributed by atoms with van der Waals surface area (Å²) in [6, 6.07) is 5.19. The molecule has 2 aliphatic rings. The lowest BCUT2D eigenvalue weighted by Gasteiger charge is -2.33. The van der Waals surface area contributed by atoms with Crippen molar-refractivity contribution >= 4 is 29.2 Å². The van der Waals surface area contributed by atoms with Gasteiger partial charge in [0.25, 0.3) is 5.91 Å². The van der Waals surface area contributed by atoms with Gasteiger partial charge in [0.2, 0.25) is 0 Å². The molecule has 59 heavy (non-hydrogen) atoms. The number of nitrogens with zero attached hydrogens (tertiary/aromatic N) is 3. The van der Waals surface area contributed by atoms with Crippen molar-refractivity contribution in [3.05, 3.63) is 28.3 Å². The smallest absolute Gasteiger partial charge is 0.312 e. The molecule has 0 N–H and O–H groups in total. The zero-order valence-corrected chi connectivity index (χ0v) is 39.4. The zero-order valence-electron chi connectivity index (χ0n) is 38.7. The van der Waals surface area contributed by atoms with Crippen LogP contribution in [-0.4, -0.2) is 29.4 Å². The number of benzene rings is 1. The lowest BCUT2D eigenvalue weighted by molar-refractivity contribution is -0.125. The number of anilines is 1. The topological polar surface area (TPSA) is 64.4 Å². The van der Waals surface area contributed by atoms with E-state index in [9.17, 15) is 14.9 Å². The first-order valence-electron chi connectivity index (χ1n) is 25.8. The van der Waals surface area contributed by atoms with Gasteiger partial charge in [-0.2, -0.15) is 5.26 Å². The second kappa shape index (κ2) is 32.6. The lowest BCUT2D eigenvalue weighted by atomic mass is 9.84. The summed E-state index contributed by atoms with van der Waals surface area (Å²) in [4.78, 5) is 31.4. The van der Waals surface area contributed by atoms with Gasteiger partial charge in [-0.05, 0) is 37.5 Å². The molecule has 5 nitrogen and oxygen atoms in total. The van der Waals surface area contributed by atoms with Crippen LogP contribution in [0.4, 0.5) is 10.5 Å². The van der Waals surface area contributed by atoms with Crippen LogP contribution in [0.1, 0.15) is 274 Å². The van der Waals surface area contributed by atoms with E-state index in [-0.39, 0.29) is 11.9 Å². The molecular formula is C53H90ClN3O2. The molecule has 1 saturated carbocycles. The van der Waals surface area contributed by atoms with Crippen molar-refractivity contribution in [1.82, 2.24) is 4.90 Å². The van der Waals surface area contributed by atoms with E-state index in [1.807, 2.05) is 7.05 Å². The highest BCUT2D eigenvalue weighted by Crippen LogP contribution is 2.41. The van der Waals surface area contributed by atoms with Crippen molar-refractivity contribution in [3.8, 4) is 6.07 Å². The van der Waals surface area contributed by atoms with Gasteiger partial charge in [-0.15, -0.1) is 0 Å². The van der Waals surface area contributed by atoms with Gasteiger partial charge in [-0.1, -0.05) is 262 Å². The van der Waals surface area contributed by atoms with E-state index < -0.39 is 5.54 Å². The van der Waals surface area contributed by atoms with Crippen LogP contribution in [0.5, 0.6) is 0 Å². The van der Waals surface area contributed by atoms with Crippen molar-refractivity contribution in [2.45, 2.75) is 276 Å². The Kier molecular flexibility index (Phi) is 28.4. The fraction of sp³-hybridized carbons (Fsp3) is 0.830. The fourth-order valence-corrected chi connectivity index (χ4v) is 10.2. The molecule has 0 bridgehead atoms. The third-order valence-corrected chi connectivity index (χ3v) is 14.6. The maximum atomic E-state index is 14.5. The number of hydrogen-bond donors (Lipinski definition) is 0. The Morgan fingerprint density at radius 1 is 0.475 bits per heavy atom. The molecule has 0 atom stereocenters. The average Bonchev–Trinajstić information content (AvgIpc) is 3.41. The Bertz CT molecular complexity index is 1260. The third-order valence-electron chi connectivity index (χ3n) is 14.1. The molecule has 2 fully saturated rings. The number of carbonyl (C=O) groups is 2. The molecule has 6 heteroatoms. The monoisotopic (exact) mass is 836 g/mol. The van der Waals surface area contributed by atoms with Gasteiger partial charge >= 0.3 is 6.03 Å². The van der Waals surface area contributed by atoms with Gasteiger partial charge in [-0.3, -0.25) is 4.79 Å². The summed E-state index contributed by atoms with van der Waals surface area (Å²) in [6.45, 7) is 1.80. The molecule has 3 amide bonds. The minimum atomic E-state index is -0.824. The van der Waals surface area contributed by atoms with Crippen LogP contribution in [0.25, 0.3) is 0 Å². The molecule has 3 rings (SSSR count). The molecule has 1 heterocycles. The molecule has 0 radical (unpaired) electrons. The van der Waals surface area contributed by atoms with E-state index in [1.54, 1.807) is 24.0 Å². The van der Waals surface area contributed by atoms with Crippen molar-refractivity contribution in [2.24, 2.45) is 0 Å². The number of rotatable bonds is 1. The van der Waals surface area contributed by atoms with E-state index in [4.69, 9.17) is 11.6 Å². The summed E-state index contributed by atoms with van der Waals surface area (Å²) >= 11 is 6.54. The maximum Gasteiger partial charge on any atom is 0.332 e. The summed E-state index contributed by atoms with van der Waals surface area (Å²) in [5, 5.41) is 9.82. The predicted octanol–water partition coefficient (Wildman–Crippen LogP) is 17.7. The molecule has 1 aromatic rings. The summed E-state index contributed by atoms with van der Waals surface area (Å²) in [6.07, 6.45) is 54.2. The quantitative estimate of drug-likeness (QED) is 0.265. The van der Waals surface area contributed by atoms with Crippen molar-refractivity contribution < 1.29 is 9.59 Å². The minimum absolute atomic E-state index is 0.120. The number of urea groups is 1. The van der Waals surface area contributed by atoms with Crippen LogP contribution in [0.2, 0.25) is 5.02 Å². The molecule has 336 valence electrons. The first kappa shape index (κ1) is 51.3. The Hall–Kier alpha value is -2.06. The Labute approximate surface area is 369 Å². The molecule has 1 aromatic carbocycles. The van der Waals surface area contributed by atoms with Gasteiger partial charge in [-0.25, -0.2) is 9.69 Å². The van der Waals surface area contributed by atoms with Crippen molar-refractivity contribution in [1.29, 1.82) is 5.26 Å². The number of halogens is 1. The third kappa shape index (κ3) is 19.7. The highest BCUT2D eigenvalue weighted by molar-refractivity contribution is 6.33. The average molecular weight is 837 g/mol. The van der Waals surface area contributed by atoms with Gasteiger partial charge in [0.15, 0.2) is 0 Å². The van der Waals surface area contributed by atoms with Crippen molar-refractivity contribution in [2.75, 3.05) is 11.9 Å². The van der Waals surface area contributed by atoms with E-state index in [2.05, 4.69) is 6.07 Å². The largest absolute Gasteiger partial charge is 0.332 e. The predicted molar refractivity (Wildman–Crippen MR) is 254 cm³/mol. The normalized spacial score (nSPS) is 22.5. The molecule has 0 aromatic heterocycles. The van der Waals surface area contributed by atoms with Crippen LogP contribution in [0, 0.1) is 18.3 Å². The molecule has 0 unspecified atom stereocenters. The molecular weight excluding hydrogens is 746 g/mol. The Morgan fingerprint density at radius 2 is 0.729 bits per heavy atom. The second-order valence-electron chi connectivity index (χ2n) is 19.0. The van der Waals surface area contributed by atoms with Crippen LogP contribution in [-0.2, 0) is 4.79 Å². The van der Waals surface area contributed by atoms with Gasteiger partial charge in [0.05, 0.1) is 16.3 Å². The molecule has 1 saturated heterocycles. The first-order valence-corrected chi connectivity index (χ1v) is 26.1. The number of nitriles is 1. The lowest BCUT2D eigenvalue weighted by Crippen LogP contribution is -2.48. The second-order valence-corrected chi connectivity index (χ2v) is 19.4. The SMILES string of the molecule is Cc1c(N2C(=O)N(C)C3(CCCCCCCCCCCCCCCCCCCCCCCCCCCCCCCCCCCCCCCCC3)C2=O)ccc(C#N)c1Cl. The maximum absolute atomic E-state index is 14.5. The van der Waals surface area contributed by atoms with Crippen molar-refractivity contribution in [3.63, 3.8) is 0 Å². The Balaban J connectivity index is 1.44. The standard InChI is InChI=1S/C53H90ClN3O2/c1-47-49(43-42-48(46-55)50(47)54)57-51(58)53(56(2)52(57)59)44-40-38-36-34-32-30-28-26-24-22-20-18-16-14-12-10-8-6-4-3-5-7-9-11-13-15-17-19-21-23-25-27-29-31-33-35-37-39-41-45-53/h42-43H,3-41,44-45H2,1-2H3. The number of hydrogen-bond acceptors (Lipinski definition) is 3. The molecule has 1 spiro atoms. The van der Waals surface area contributed by atoms with Gasteiger partial charge in [0, 0.05) is 7.05 Å². The molecule has 1 aliphatic carbocycles. The van der Waals surface area contributed by atoms with E-state index in [1.165, 1.54) is 230 Å². The highest BCUT2D eigenvalue weighted by Gasteiger charge is 2.55. The summed E-state index contributed by atoms with van der Waals surface area (Å²) < 4.78 is 0. The van der Waals surface area contributed by atoms with E-state index >= 15 is 0 Å². The van der Waals surface area contributed by atoms with Gasteiger partial charge in [0.1, 0.15) is 11.6 Å². The first-order chi connectivity index (χ1) is 28.9. The number of amides is 3. The Morgan fingerprint density at radius 3 is 0.983 bits per heavy atom. The summed E-state index contributed by atoms with van der Waals surface area (Å²) in [5.74, 6) is -0.120. The van der Waals surface area contributed by atoms with Gasteiger partial charge < -0.3 is 4.90 Å². The van der Waals surface area contributed by atoms with E-state index in [0.29, 0.717) is 34.7 Å². The summed E-state index contributed by atoms with van der Waals surface area (Å²) in [7, 11) is 1.83. The number of carbonyl (C=O) groups excluding carboxylic acids is 2. The summed E-state index contributed by atoms with van der Waals surface area (Å²) in [5.41, 5.74) is 0.650. The van der Waals surface area contributed by atoms with Crippen LogP contribution in [0.3, 0.4) is 0 Å². The zero-order chi connectivity index (χ0) is 42.2. The number of imide groups is 1. The number of likely N-dealkylation sites (N-methyl/N-ethyl adjacent to an activating group) is 1. The minimum Gasteiger partial charge on any atom is -0.312 e. The highest BCUT2D eigenvalue weighted by atomic mass is 35.5. The molecule has 1 aliphatic heterocycles. The fourth-order valence-electron chi connectivity index (χ4n) is 10.0. The van der Waals surface area contributed by atoms with E-state index in [0.717, 1.165) is 25.7 Å².